The Bertz CT molecular complexity index is 691. The van der Waals surface area contributed by atoms with Crippen molar-refractivity contribution in [2.24, 2.45) is 11.7 Å². The van der Waals surface area contributed by atoms with Gasteiger partial charge < -0.3 is 5.73 Å². The number of primary amides is 1. The number of carbonyl (C=O) groups excluding carboxylic acids is 1. The second-order valence-corrected chi connectivity index (χ2v) is 4.50. The third-order valence-electron chi connectivity index (χ3n) is 3.53. The van der Waals surface area contributed by atoms with Crippen LogP contribution in [0.5, 0.6) is 0 Å². The Morgan fingerprint density at radius 3 is 3.06 bits per heavy atom. The lowest BCUT2D eigenvalue weighted by Crippen LogP contribution is -2.30. The smallest absolute Gasteiger partial charge is 0.229 e. The molecule has 2 aromatic heterocycles. The lowest BCUT2D eigenvalue weighted by Gasteiger charge is -2.11. The molecule has 2 heterocycles. The molecule has 1 aliphatic rings. The van der Waals surface area contributed by atoms with Crippen molar-refractivity contribution < 1.29 is 4.79 Å². The first-order valence-corrected chi connectivity index (χ1v) is 5.59. The molecule has 2 atom stereocenters. The third kappa shape index (κ3) is 1.29. The van der Waals surface area contributed by atoms with Crippen LogP contribution in [0.4, 0.5) is 0 Å². The number of carbonyl (C=O) groups is 1. The molecule has 2 unspecified atom stereocenters. The van der Waals surface area contributed by atoms with E-state index in [4.69, 9.17) is 11.0 Å². The Balaban J connectivity index is 2.15. The van der Waals surface area contributed by atoms with Crippen LogP contribution in [-0.4, -0.2) is 15.9 Å². The van der Waals surface area contributed by atoms with Crippen molar-refractivity contribution in [1.29, 1.82) is 5.26 Å². The van der Waals surface area contributed by atoms with Crippen molar-refractivity contribution in [2.45, 2.75) is 11.8 Å². The van der Waals surface area contributed by atoms with E-state index in [9.17, 15) is 4.79 Å². The highest BCUT2D eigenvalue weighted by molar-refractivity contribution is 5.92. The normalized spacial score (nSPS) is 25.6. The maximum atomic E-state index is 11.6. The summed E-state index contributed by atoms with van der Waals surface area (Å²) in [4.78, 5) is 19.9. The first kappa shape index (κ1) is 10.7. The van der Waals surface area contributed by atoms with E-state index in [1.807, 2.05) is 12.1 Å². The molecule has 1 saturated carbocycles. The van der Waals surface area contributed by atoms with E-state index in [1.165, 1.54) is 0 Å². The Morgan fingerprint density at radius 1 is 1.56 bits per heavy atom. The van der Waals surface area contributed by atoms with E-state index < -0.39 is 11.3 Å². The summed E-state index contributed by atoms with van der Waals surface area (Å²) in [6.07, 6.45) is 3.73. The van der Waals surface area contributed by atoms with Gasteiger partial charge in [0.05, 0.1) is 17.4 Å². The number of hydrogen-bond acceptors (Lipinski definition) is 4. The minimum absolute atomic E-state index is 0.342. The molecule has 88 valence electrons. The molecule has 1 aliphatic carbocycles. The standard InChI is InChI=1S/C13H10N4O/c14-6-10-5-13(10,12(15)18)9-4-8-2-1-3-16-11(8)17-7-9/h1-4,7,10H,5H2,(H2,15,18). The summed E-state index contributed by atoms with van der Waals surface area (Å²) in [5.74, 6) is -0.801. The molecule has 0 aromatic carbocycles. The molecule has 0 radical (unpaired) electrons. The number of rotatable bonds is 2. The maximum Gasteiger partial charge on any atom is 0.229 e. The predicted octanol–water partition coefficient (Wildman–Crippen LogP) is 0.896. The Kier molecular flexibility index (Phi) is 2.08. The van der Waals surface area contributed by atoms with E-state index in [2.05, 4.69) is 16.0 Å². The Hall–Kier alpha value is -2.48. The average Bonchev–Trinajstić information content (AvgIpc) is 3.14. The van der Waals surface area contributed by atoms with E-state index >= 15 is 0 Å². The van der Waals surface area contributed by atoms with Gasteiger partial charge in [0.1, 0.15) is 0 Å². The van der Waals surface area contributed by atoms with Crippen molar-refractivity contribution in [3.8, 4) is 6.07 Å². The average molecular weight is 238 g/mol. The number of nitrogens with zero attached hydrogens (tertiary/aromatic N) is 3. The molecular formula is C13H10N4O. The largest absolute Gasteiger partial charge is 0.369 e. The number of pyridine rings is 2. The Morgan fingerprint density at radius 2 is 2.39 bits per heavy atom. The number of amides is 1. The maximum absolute atomic E-state index is 11.6. The van der Waals surface area contributed by atoms with Crippen LogP contribution in [0.1, 0.15) is 12.0 Å². The molecule has 1 amide bonds. The highest BCUT2D eigenvalue weighted by Gasteiger charge is 2.61. The van der Waals surface area contributed by atoms with Crippen molar-refractivity contribution >= 4 is 16.9 Å². The number of hydrogen-bond donors (Lipinski definition) is 1. The van der Waals surface area contributed by atoms with Gasteiger partial charge in [-0.05, 0) is 30.2 Å². The molecule has 2 aromatic rings. The number of nitrogens with two attached hydrogens (primary N) is 1. The van der Waals surface area contributed by atoms with Crippen molar-refractivity contribution in [1.82, 2.24) is 9.97 Å². The lowest BCUT2D eigenvalue weighted by atomic mass is 9.93. The third-order valence-corrected chi connectivity index (χ3v) is 3.53. The first-order chi connectivity index (χ1) is 8.68. The minimum Gasteiger partial charge on any atom is -0.369 e. The monoisotopic (exact) mass is 238 g/mol. The summed E-state index contributed by atoms with van der Waals surface area (Å²) in [6.45, 7) is 0. The second kappa shape index (κ2) is 3.50. The molecule has 5 heteroatoms. The fraction of sp³-hybridized carbons (Fsp3) is 0.231. The SMILES string of the molecule is N#CC1CC1(C(N)=O)c1cnc2ncccc2c1. The van der Waals surface area contributed by atoms with E-state index in [0.717, 1.165) is 5.39 Å². The molecular weight excluding hydrogens is 228 g/mol. The molecule has 18 heavy (non-hydrogen) atoms. The van der Waals surface area contributed by atoms with Crippen molar-refractivity contribution in [3.63, 3.8) is 0 Å². The van der Waals surface area contributed by atoms with Crippen LogP contribution in [0.3, 0.4) is 0 Å². The molecule has 0 saturated heterocycles. The zero-order valence-corrected chi connectivity index (χ0v) is 9.50. The van der Waals surface area contributed by atoms with Gasteiger partial charge in [-0.1, -0.05) is 0 Å². The zero-order valence-electron chi connectivity index (χ0n) is 9.50. The zero-order chi connectivity index (χ0) is 12.8. The van der Waals surface area contributed by atoms with Crippen LogP contribution in [-0.2, 0) is 10.2 Å². The van der Waals surface area contributed by atoms with Crippen LogP contribution in [0.2, 0.25) is 0 Å². The van der Waals surface area contributed by atoms with E-state index in [-0.39, 0.29) is 5.92 Å². The summed E-state index contributed by atoms with van der Waals surface area (Å²) >= 11 is 0. The molecule has 1 fully saturated rings. The van der Waals surface area contributed by atoms with E-state index in [1.54, 1.807) is 18.5 Å². The van der Waals surface area contributed by atoms with E-state index in [0.29, 0.717) is 17.6 Å². The van der Waals surface area contributed by atoms with Crippen molar-refractivity contribution in [3.05, 3.63) is 36.2 Å². The molecule has 3 rings (SSSR count). The van der Waals surface area contributed by atoms with Gasteiger partial charge in [-0.15, -0.1) is 0 Å². The number of fused-ring (bicyclic) bond motifs is 1. The first-order valence-electron chi connectivity index (χ1n) is 5.59. The van der Waals surface area contributed by atoms with Gasteiger partial charge in [-0.3, -0.25) is 4.79 Å². The van der Waals surface area contributed by atoms with Gasteiger partial charge in [-0.25, -0.2) is 9.97 Å². The van der Waals surface area contributed by atoms with Crippen molar-refractivity contribution in [2.75, 3.05) is 0 Å². The number of aromatic nitrogens is 2. The molecule has 0 spiro atoms. The van der Waals surface area contributed by atoms with Crippen LogP contribution >= 0.6 is 0 Å². The molecule has 0 aliphatic heterocycles. The van der Waals surface area contributed by atoms with Crippen LogP contribution in [0, 0.1) is 17.2 Å². The topological polar surface area (TPSA) is 92.7 Å². The molecule has 0 bridgehead atoms. The highest BCUT2D eigenvalue weighted by Crippen LogP contribution is 2.53. The van der Waals surface area contributed by atoms with Gasteiger partial charge >= 0.3 is 0 Å². The molecule has 5 nitrogen and oxygen atoms in total. The summed E-state index contributed by atoms with van der Waals surface area (Å²) in [5.41, 5.74) is 5.92. The fourth-order valence-corrected chi connectivity index (χ4v) is 2.36. The minimum atomic E-state index is -0.855. The quantitative estimate of drug-likeness (QED) is 0.841. The van der Waals surface area contributed by atoms with Crippen LogP contribution in [0.15, 0.2) is 30.6 Å². The lowest BCUT2D eigenvalue weighted by molar-refractivity contribution is -0.120. The van der Waals surface area contributed by atoms with Gasteiger partial charge in [0.15, 0.2) is 5.65 Å². The summed E-state index contributed by atoms with van der Waals surface area (Å²) < 4.78 is 0. The van der Waals surface area contributed by atoms with Gasteiger partial charge in [0.25, 0.3) is 0 Å². The van der Waals surface area contributed by atoms with Crippen LogP contribution < -0.4 is 5.73 Å². The summed E-state index contributed by atoms with van der Waals surface area (Å²) in [6, 6.07) is 7.64. The summed E-state index contributed by atoms with van der Waals surface area (Å²) in [7, 11) is 0. The van der Waals surface area contributed by atoms with Crippen LogP contribution in [0.25, 0.3) is 11.0 Å². The van der Waals surface area contributed by atoms with Gasteiger partial charge in [0, 0.05) is 17.8 Å². The Labute approximate surface area is 103 Å². The second-order valence-electron chi connectivity index (χ2n) is 4.50. The highest BCUT2D eigenvalue weighted by atomic mass is 16.1. The molecule has 2 N–H and O–H groups in total. The fourth-order valence-electron chi connectivity index (χ4n) is 2.36. The predicted molar refractivity (Wildman–Crippen MR) is 64.1 cm³/mol. The van der Waals surface area contributed by atoms with Gasteiger partial charge in [0.2, 0.25) is 5.91 Å². The number of nitriles is 1. The summed E-state index contributed by atoms with van der Waals surface area (Å²) in [5, 5.41) is 9.82. The van der Waals surface area contributed by atoms with Gasteiger partial charge in [-0.2, -0.15) is 5.26 Å².